The molecule has 0 unspecified atom stereocenters. The summed E-state index contributed by atoms with van der Waals surface area (Å²) in [5, 5.41) is 2.76. The molecule has 0 atom stereocenters. The zero-order chi connectivity index (χ0) is 13.8. The molecule has 0 saturated heterocycles. The van der Waals surface area contributed by atoms with Crippen LogP contribution in [0.4, 0.5) is 18.9 Å². The van der Waals surface area contributed by atoms with Gasteiger partial charge in [0.1, 0.15) is 0 Å². The van der Waals surface area contributed by atoms with E-state index in [1.165, 1.54) is 7.11 Å². The van der Waals surface area contributed by atoms with E-state index in [0.717, 1.165) is 12.1 Å². The van der Waals surface area contributed by atoms with E-state index < -0.39 is 17.5 Å². The van der Waals surface area contributed by atoms with Crippen LogP contribution in [0.15, 0.2) is 30.3 Å². The Hall–Kier alpha value is -2.24. The zero-order valence-electron chi connectivity index (χ0n) is 10.1. The Morgan fingerprint density at radius 2 is 1.84 bits per heavy atom. The number of rotatable bonds is 4. The second-order valence-corrected chi connectivity index (χ2v) is 3.78. The van der Waals surface area contributed by atoms with Gasteiger partial charge in [0.2, 0.25) is 5.88 Å². The molecule has 0 bridgehead atoms. The Morgan fingerprint density at radius 3 is 2.47 bits per heavy atom. The third-order valence-electron chi connectivity index (χ3n) is 2.45. The summed E-state index contributed by atoms with van der Waals surface area (Å²) in [4.78, 5) is 4.12. The van der Waals surface area contributed by atoms with Crippen molar-refractivity contribution < 1.29 is 17.9 Å². The normalized spacial score (nSPS) is 10.3. The summed E-state index contributed by atoms with van der Waals surface area (Å²) in [6, 6.07) is 6.93. The van der Waals surface area contributed by atoms with Crippen molar-refractivity contribution in [2.24, 2.45) is 0 Å². The molecular formula is C13H11F3N2O. The van der Waals surface area contributed by atoms with Gasteiger partial charge in [-0.1, -0.05) is 6.07 Å². The molecule has 6 heteroatoms. The van der Waals surface area contributed by atoms with Gasteiger partial charge in [0.25, 0.3) is 0 Å². The summed E-state index contributed by atoms with van der Waals surface area (Å²) in [7, 11) is 1.49. The molecular weight excluding hydrogens is 257 g/mol. The van der Waals surface area contributed by atoms with Crippen molar-refractivity contribution in [3.63, 3.8) is 0 Å². The van der Waals surface area contributed by atoms with Gasteiger partial charge in [-0.3, -0.25) is 0 Å². The summed E-state index contributed by atoms with van der Waals surface area (Å²) in [5.74, 6) is -3.51. The molecule has 0 aliphatic carbocycles. The van der Waals surface area contributed by atoms with Crippen molar-refractivity contribution in [2.45, 2.75) is 6.54 Å². The average molecular weight is 268 g/mol. The SMILES string of the molecule is COc1cccc(CNc2cc(F)c(F)c(F)c2)n1. The van der Waals surface area contributed by atoms with E-state index in [1.807, 2.05) is 0 Å². The molecule has 0 saturated carbocycles. The molecule has 100 valence electrons. The van der Waals surface area contributed by atoms with Gasteiger partial charge in [0, 0.05) is 23.9 Å². The Balaban J connectivity index is 2.10. The third-order valence-corrected chi connectivity index (χ3v) is 2.45. The monoisotopic (exact) mass is 268 g/mol. The number of anilines is 1. The lowest BCUT2D eigenvalue weighted by molar-refractivity contribution is 0.396. The van der Waals surface area contributed by atoms with Crippen LogP contribution in [0.1, 0.15) is 5.69 Å². The maximum atomic E-state index is 13.0. The van der Waals surface area contributed by atoms with E-state index in [1.54, 1.807) is 18.2 Å². The quantitative estimate of drug-likeness (QED) is 0.865. The van der Waals surface area contributed by atoms with Gasteiger partial charge >= 0.3 is 0 Å². The fraction of sp³-hybridized carbons (Fsp3) is 0.154. The molecule has 19 heavy (non-hydrogen) atoms. The molecule has 2 aromatic rings. The number of nitrogens with one attached hydrogen (secondary N) is 1. The lowest BCUT2D eigenvalue weighted by atomic mass is 10.2. The summed E-state index contributed by atoms with van der Waals surface area (Å²) >= 11 is 0. The van der Waals surface area contributed by atoms with Gasteiger partial charge < -0.3 is 10.1 Å². The van der Waals surface area contributed by atoms with Gasteiger partial charge in [0.05, 0.1) is 19.3 Å². The van der Waals surface area contributed by atoms with Crippen molar-refractivity contribution in [3.05, 3.63) is 53.5 Å². The summed E-state index contributed by atoms with van der Waals surface area (Å²) in [6.45, 7) is 0.238. The van der Waals surface area contributed by atoms with E-state index in [4.69, 9.17) is 4.74 Å². The van der Waals surface area contributed by atoms with Gasteiger partial charge in [-0.15, -0.1) is 0 Å². The van der Waals surface area contributed by atoms with Crippen molar-refractivity contribution in [3.8, 4) is 5.88 Å². The summed E-state index contributed by atoms with van der Waals surface area (Å²) < 4.78 is 43.7. The van der Waals surface area contributed by atoms with Crippen LogP contribution < -0.4 is 10.1 Å². The first-order valence-corrected chi connectivity index (χ1v) is 5.48. The average Bonchev–Trinajstić information content (AvgIpc) is 2.42. The second-order valence-electron chi connectivity index (χ2n) is 3.78. The minimum absolute atomic E-state index is 0.140. The van der Waals surface area contributed by atoms with E-state index >= 15 is 0 Å². The van der Waals surface area contributed by atoms with Crippen LogP contribution in [0.2, 0.25) is 0 Å². The Morgan fingerprint density at radius 1 is 1.16 bits per heavy atom. The Labute approximate surface area is 108 Å². The van der Waals surface area contributed by atoms with Gasteiger partial charge in [-0.05, 0) is 6.07 Å². The fourth-order valence-electron chi connectivity index (χ4n) is 1.52. The molecule has 1 heterocycles. The highest BCUT2D eigenvalue weighted by Gasteiger charge is 2.10. The van der Waals surface area contributed by atoms with Crippen LogP contribution in [0.25, 0.3) is 0 Å². The molecule has 0 radical (unpaired) electrons. The van der Waals surface area contributed by atoms with Gasteiger partial charge in [-0.25, -0.2) is 18.2 Å². The van der Waals surface area contributed by atoms with Crippen LogP contribution in [0.3, 0.4) is 0 Å². The molecule has 0 aliphatic heterocycles. The minimum atomic E-state index is -1.48. The molecule has 3 nitrogen and oxygen atoms in total. The van der Waals surface area contributed by atoms with E-state index in [2.05, 4.69) is 10.3 Å². The number of benzene rings is 1. The van der Waals surface area contributed by atoms with E-state index in [0.29, 0.717) is 11.6 Å². The Bertz CT molecular complexity index is 567. The first-order valence-electron chi connectivity index (χ1n) is 5.48. The Kier molecular flexibility index (Phi) is 3.89. The standard InChI is InChI=1S/C13H11F3N2O/c1-19-12-4-2-3-8(18-12)7-17-9-5-10(14)13(16)11(15)6-9/h2-6,17H,7H2,1H3. The molecule has 1 aromatic carbocycles. The smallest absolute Gasteiger partial charge is 0.213 e. The molecule has 1 N–H and O–H groups in total. The van der Waals surface area contributed by atoms with Crippen molar-refractivity contribution in [1.82, 2.24) is 4.98 Å². The predicted molar refractivity (Wildman–Crippen MR) is 64.4 cm³/mol. The van der Waals surface area contributed by atoms with Crippen LogP contribution in [-0.4, -0.2) is 12.1 Å². The number of ether oxygens (including phenoxy) is 1. The molecule has 0 aliphatic rings. The first kappa shape index (κ1) is 13.2. The zero-order valence-corrected chi connectivity index (χ0v) is 10.1. The van der Waals surface area contributed by atoms with Gasteiger partial charge in [0.15, 0.2) is 17.5 Å². The van der Waals surface area contributed by atoms with Crippen LogP contribution in [0.5, 0.6) is 5.88 Å². The third kappa shape index (κ3) is 3.15. The highest BCUT2D eigenvalue weighted by atomic mass is 19.2. The fourth-order valence-corrected chi connectivity index (χ4v) is 1.52. The highest BCUT2D eigenvalue weighted by molar-refractivity contribution is 5.44. The molecule has 0 fully saturated rings. The number of methoxy groups -OCH3 is 1. The molecule has 0 amide bonds. The first-order chi connectivity index (χ1) is 9.10. The van der Waals surface area contributed by atoms with E-state index in [-0.39, 0.29) is 12.2 Å². The molecule has 2 rings (SSSR count). The van der Waals surface area contributed by atoms with Crippen molar-refractivity contribution >= 4 is 5.69 Å². The number of aromatic nitrogens is 1. The van der Waals surface area contributed by atoms with Crippen LogP contribution >= 0.6 is 0 Å². The minimum Gasteiger partial charge on any atom is -0.481 e. The van der Waals surface area contributed by atoms with Crippen LogP contribution in [-0.2, 0) is 6.54 Å². The van der Waals surface area contributed by atoms with E-state index in [9.17, 15) is 13.2 Å². The van der Waals surface area contributed by atoms with Crippen molar-refractivity contribution in [1.29, 1.82) is 0 Å². The largest absolute Gasteiger partial charge is 0.481 e. The number of nitrogens with zero attached hydrogens (tertiary/aromatic N) is 1. The lowest BCUT2D eigenvalue weighted by Crippen LogP contribution is -2.04. The summed E-state index contributed by atoms with van der Waals surface area (Å²) in [5.41, 5.74) is 0.769. The van der Waals surface area contributed by atoms with Crippen LogP contribution in [0, 0.1) is 17.5 Å². The predicted octanol–water partition coefficient (Wildman–Crippen LogP) is 3.12. The number of hydrogen-bond acceptors (Lipinski definition) is 3. The summed E-state index contributed by atoms with van der Waals surface area (Å²) in [6.07, 6.45) is 0. The highest BCUT2D eigenvalue weighted by Crippen LogP contribution is 2.18. The van der Waals surface area contributed by atoms with Gasteiger partial charge in [-0.2, -0.15) is 0 Å². The maximum Gasteiger partial charge on any atom is 0.213 e. The second kappa shape index (κ2) is 5.60. The lowest BCUT2D eigenvalue weighted by Gasteiger charge is -2.08. The number of halogens is 3. The molecule has 0 spiro atoms. The van der Waals surface area contributed by atoms with Crippen molar-refractivity contribution in [2.75, 3.05) is 12.4 Å². The number of pyridine rings is 1. The molecule has 1 aromatic heterocycles. The topological polar surface area (TPSA) is 34.1 Å². The number of hydrogen-bond donors (Lipinski definition) is 1. The maximum absolute atomic E-state index is 13.0.